The van der Waals surface area contributed by atoms with Gasteiger partial charge in [-0.2, -0.15) is 0 Å². The molecule has 1 heterocycles. The molecular formula is C19H21NS. The molecule has 4 fully saturated rings. The summed E-state index contributed by atoms with van der Waals surface area (Å²) < 4.78 is 0. The maximum absolute atomic E-state index is 5.09. The van der Waals surface area contributed by atoms with E-state index in [4.69, 9.17) is 4.98 Å². The van der Waals surface area contributed by atoms with E-state index in [9.17, 15) is 0 Å². The van der Waals surface area contributed by atoms with E-state index < -0.39 is 0 Å². The summed E-state index contributed by atoms with van der Waals surface area (Å²) in [5.41, 5.74) is 3.14. The lowest BCUT2D eigenvalue weighted by molar-refractivity contribution is -0.00689. The Bertz CT molecular complexity index is 622. The highest BCUT2D eigenvalue weighted by atomic mass is 32.1. The molecule has 0 aliphatic heterocycles. The third kappa shape index (κ3) is 1.92. The first-order valence-corrected chi connectivity index (χ1v) is 9.20. The second-order valence-corrected chi connectivity index (χ2v) is 8.46. The normalized spacial score (nSPS) is 37.0. The number of nitrogens with zero attached hydrogens (tertiary/aromatic N) is 1. The van der Waals surface area contributed by atoms with Crippen LogP contribution in [0.2, 0.25) is 0 Å². The molecule has 108 valence electrons. The first kappa shape index (κ1) is 12.4. The molecule has 0 radical (unpaired) electrons. The zero-order valence-corrected chi connectivity index (χ0v) is 13.1. The summed E-state index contributed by atoms with van der Waals surface area (Å²) in [4.78, 5) is 5.09. The van der Waals surface area contributed by atoms with Gasteiger partial charge in [0.05, 0.1) is 5.69 Å². The monoisotopic (exact) mass is 295 g/mol. The van der Waals surface area contributed by atoms with Crippen LogP contribution in [0.1, 0.15) is 44.2 Å². The Morgan fingerprint density at radius 2 is 1.52 bits per heavy atom. The molecule has 6 rings (SSSR count). The third-order valence-corrected chi connectivity index (χ3v) is 7.00. The van der Waals surface area contributed by atoms with Crippen LogP contribution >= 0.6 is 11.3 Å². The molecule has 4 aliphatic carbocycles. The summed E-state index contributed by atoms with van der Waals surface area (Å²) in [7, 11) is 0. The molecule has 1 nitrogen and oxygen atoms in total. The van der Waals surface area contributed by atoms with Gasteiger partial charge in [0.15, 0.2) is 0 Å². The molecular weight excluding hydrogens is 274 g/mol. The lowest BCUT2D eigenvalue weighted by Crippen LogP contribution is -2.48. The topological polar surface area (TPSA) is 12.9 Å². The van der Waals surface area contributed by atoms with E-state index in [2.05, 4.69) is 35.7 Å². The predicted octanol–water partition coefficient (Wildman–Crippen LogP) is 5.28. The van der Waals surface area contributed by atoms with Crippen molar-refractivity contribution in [3.63, 3.8) is 0 Å². The number of rotatable bonds is 2. The van der Waals surface area contributed by atoms with E-state index in [1.54, 1.807) is 0 Å². The average Bonchev–Trinajstić information content (AvgIpc) is 2.97. The summed E-state index contributed by atoms with van der Waals surface area (Å²) in [5.74, 6) is 2.99. The van der Waals surface area contributed by atoms with E-state index in [1.807, 2.05) is 11.3 Å². The molecule has 0 spiro atoms. The fourth-order valence-electron chi connectivity index (χ4n) is 5.65. The second-order valence-electron chi connectivity index (χ2n) is 7.60. The Labute approximate surface area is 130 Å². The number of benzene rings is 1. The highest BCUT2D eigenvalue weighted by molar-refractivity contribution is 7.13. The predicted molar refractivity (Wildman–Crippen MR) is 87.4 cm³/mol. The van der Waals surface area contributed by atoms with Crippen LogP contribution < -0.4 is 0 Å². The molecule has 1 aromatic carbocycles. The first-order valence-electron chi connectivity index (χ1n) is 8.32. The minimum absolute atomic E-state index is 0.443. The van der Waals surface area contributed by atoms with Crippen molar-refractivity contribution < 1.29 is 0 Å². The molecule has 2 aromatic rings. The van der Waals surface area contributed by atoms with Crippen LogP contribution in [-0.2, 0) is 5.41 Å². The van der Waals surface area contributed by atoms with E-state index in [0.29, 0.717) is 5.41 Å². The summed E-state index contributed by atoms with van der Waals surface area (Å²) in [5, 5.41) is 3.58. The molecule has 0 amide bonds. The van der Waals surface area contributed by atoms with Crippen molar-refractivity contribution in [1.82, 2.24) is 4.98 Å². The third-order valence-electron chi connectivity index (χ3n) is 6.11. The van der Waals surface area contributed by atoms with E-state index >= 15 is 0 Å². The van der Waals surface area contributed by atoms with Gasteiger partial charge in [0.25, 0.3) is 0 Å². The van der Waals surface area contributed by atoms with Crippen molar-refractivity contribution in [3.05, 3.63) is 41.4 Å². The van der Waals surface area contributed by atoms with Crippen LogP contribution in [0, 0.1) is 17.8 Å². The molecule has 21 heavy (non-hydrogen) atoms. The van der Waals surface area contributed by atoms with Gasteiger partial charge in [-0.3, -0.25) is 0 Å². The van der Waals surface area contributed by atoms with Gasteiger partial charge in [0, 0.05) is 16.4 Å². The maximum Gasteiger partial charge on any atom is 0.123 e. The Kier molecular flexibility index (Phi) is 2.61. The molecule has 4 bridgehead atoms. The Morgan fingerprint density at radius 1 is 0.905 bits per heavy atom. The lowest BCUT2D eigenvalue weighted by Gasteiger charge is -2.56. The zero-order valence-electron chi connectivity index (χ0n) is 12.3. The van der Waals surface area contributed by atoms with Gasteiger partial charge < -0.3 is 0 Å². The summed E-state index contributed by atoms with van der Waals surface area (Å²) >= 11 is 1.84. The van der Waals surface area contributed by atoms with Crippen LogP contribution in [0.5, 0.6) is 0 Å². The largest absolute Gasteiger partial charge is 0.241 e. The second kappa shape index (κ2) is 4.42. The number of hydrogen-bond acceptors (Lipinski definition) is 2. The summed E-state index contributed by atoms with van der Waals surface area (Å²) in [6.45, 7) is 0. The van der Waals surface area contributed by atoms with Gasteiger partial charge in [-0.05, 0) is 56.3 Å². The van der Waals surface area contributed by atoms with Gasteiger partial charge in [-0.1, -0.05) is 30.3 Å². The number of thiazole rings is 1. The summed E-state index contributed by atoms with van der Waals surface area (Å²) in [6.07, 6.45) is 8.77. The molecule has 1 aromatic heterocycles. The zero-order chi connectivity index (χ0) is 13.9. The van der Waals surface area contributed by atoms with E-state index in [-0.39, 0.29) is 0 Å². The van der Waals surface area contributed by atoms with Crippen LogP contribution in [0.4, 0.5) is 0 Å². The van der Waals surface area contributed by atoms with Gasteiger partial charge in [0.1, 0.15) is 5.01 Å². The first-order chi connectivity index (χ1) is 10.3. The molecule has 0 unspecified atom stereocenters. The lowest BCUT2D eigenvalue weighted by atomic mass is 9.49. The van der Waals surface area contributed by atoms with Gasteiger partial charge in [0.2, 0.25) is 0 Å². The summed E-state index contributed by atoms with van der Waals surface area (Å²) in [6, 6.07) is 10.7. The van der Waals surface area contributed by atoms with E-state index in [0.717, 1.165) is 17.8 Å². The highest BCUT2D eigenvalue weighted by Gasteiger charge is 2.52. The van der Waals surface area contributed by atoms with Crippen LogP contribution in [-0.4, -0.2) is 4.98 Å². The van der Waals surface area contributed by atoms with Crippen LogP contribution in [0.3, 0.4) is 0 Å². The van der Waals surface area contributed by atoms with Crippen molar-refractivity contribution in [3.8, 4) is 10.6 Å². The molecule has 0 atom stereocenters. The molecule has 4 saturated carbocycles. The van der Waals surface area contributed by atoms with Crippen molar-refractivity contribution in [2.24, 2.45) is 17.8 Å². The standard InChI is InChI=1S/C19H21NS/c1-2-4-16(5-3-1)18-20-17(12-21-18)19-9-13-6-14(10-19)8-15(7-13)11-19/h1-5,12-15H,6-11H2. The number of aromatic nitrogens is 1. The number of hydrogen-bond donors (Lipinski definition) is 0. The van der Waals surface area contributed by atoms with Crippen LogP contribution in [0.15, 0.2) is 35.7 Å². The molecule has 0 saturated heterocycles. The van der Waals surface area contributed by atoms with Crippen molar-refractivity contribution >= 4 is 11.3 Å². The van der Waals surface area contributed by atoms with Crippen molar-refractivity contribution in [2.75, 3.05) is 0 Å². The smallest absolute Gasteiger partial charge is 0.123 e. The Morgan fingerprint density at radius 3 is 2.14 bits per heavy atom. The van der Waals surface area contributed by atoms with Gasteiger partial charge in [-0.25, -0.2) is 4.98 Å². The maximum atomic E-state index is 5.09. The quantitative estimate of drug-likeness (QED) is 0.734. The Hall–Kier alpha value is -1.15. The fourth-order valence-corrected chi connectivity index (χ4v) is 6.60. The fraction of sp³-hybridized carbons (Fsp3) is 0.526. The van der Waals surface area contributed by atoms with Gasteiger partial charge in [-0.15, -0.1) is 11.3 Å². The minimum atomic E-state index is 0.443. The molecule has 0 N–H and O–H groups in total. The van der Waals surface area contributed by atoms with Crippen molar-refractivity contribution in [1.29, 1.82) is 0 Å². The van der Waals surface area contributed by atoms with Crippen LogP contribution in [0.25, 0.3) is 10.6 Å². The van der Waals surface area contributed by atoms with E-state index in [1.165, 1.54) is 54.8 Å². The van der Waals surface area contributed by atoms with Gasteiger partial charge >= 0.3 is 0 Å². The highest BCUT2D eigenvalue weighted by Crippen LogP contribution is 2.60. The SMILES string of the molecule is c1ccc(-c2nc(C34CC5CC(CC(C5)C3)C4)cs2)cc1. The molecule has 2 heteroatoms. The molecule has 4 aliphatic rings. The minimum Gasteiger partial charge on any atom is -0.241 e. The Balaban J connectivity index is 1.52. The van der Waals surface area contributed by atoms with Crippen molar-refractivity contribution in [2.45, 2.75) is 43.9 Å². The average molecular weight is 295 g/mol.